The van der Waals surface area contributed by atoms with Crippen molar-refractivity contribution in [2.75, 3.05) is 7.11 Å². The van der Waals surface area contributed by atoms with Gasteiger partial charge in [-0.25, -0.2) is 0 Å². The third kappa shape index (κ3) is 2.37. The van der Waals surface area contributed by atoms with Gasteiger partial charge in [-0.2, -0.15) is 0 Å². The van der Waals surface area contributed by atoms with E-state index in [2.05, 4.69) is 32.6 Å². The number of carbonyl (C=O) groups excluding carboxylic acids is 1. The van der Waals surface area contributed by atoms with Crippen LogP contribution in [0.2, 0.25) is 0 Å². The monoisotopic (exact) mass is 390 g/mol. The van der Waals surface area contributed by atoms with Gasteiger partial charge in [0.15, 0.2) is 5.78 Å². The molecule has 0 aliphatic heterocycles. The Morgan fingerprint density at radius 2 is 1.93 bits per heavy atom. The molecule has 2 saturated carbocycles. The minimum absolute atomic E-state index is 0.0547. The Hall–Kier alpha value is -0.900. The second-order valence-corrected chi connectivity index (χ2v) is 10.1. The molecule has 0 aromatic heterocycles. The largest absolute Gasteiger partial charge is 0.382 e. The molecule has 0 aromatic carbocycles. The molecule has 0 aromatic rings. The van der Waals surface area contributed by atoms with Crippen molar-refractivity contribution >= 4 is 17.4 Å². The molecule has 148 valence electrons. The van der Waals surface area contributed by atoms with Crippen molar-refractivity contribution in [2.24, 2.45) is 28.6 Å². The molecule has 0 spiro atoms. The summed E-state index contributed by atoms with van der Waals surface area (Å²) >= 11 is 6.82. The second kappa shape index (κ2) is 6.05. The lowest BCUT2D eigenvalue weighted by molar-refractivity contribution is -0.156. The molecule has 2 fully saturated rings. The van der Waals surface area contributed by atoms with Gasteiger partial charge in [-0.3, -0.25) is 4.79 Å². The van der Waals surface area contributed by atoms with Crippen molar-refractivity contribution < 1.29 is 14.6 Å². The highest BCUT2D eigenvalue weighted by Crippen LogP contribution is 2.67. The van der Waals surface area contributed by atoms with Gasteiger partial charge < -0.3 is 9.84 Å². The van der Waals surface area contributed by atoms with E-state index in [1.165, 1.54) is 5.57 Å². The van der Waals surface area contributed by atoms with E-state index in [1.807, 2.05) is 0 Å². The average Bonchev–Trinajstić information content (AvgIpc) is 2.87. The van der Waals surface area contributed by atoms with E-state index < -0.39 is 5.60 Å². The van der Waals surface area contributed by atoms with Crippen LogP contribution >= 0.6 is 11.6 Å². The van der Waals surface area contributed by atoms with Crippen LogP contribution in [0, 0.1) is 28.6 Å². The summed E-state index contributed by atoms with van der Waals surface area (Å²) in [7, 11) is 1.71. The Bertz CT molecular complexity index is 768. The van der Waals surface area contributed by atoms with Gasteiger partial charge in [-0.05, 0) is 74.0 Å². The first-order valence-corrected chi connectivity index (χ1v) is 10.5. The van der Waals surface area contributed by atoms with Crippen LogP contribution < -0.4 is 0 Å². The maximum absolute atomic E-state index is 12.3. The second-order valence-electron chi connectivity index (χ2n) is 9.71. The van der Waals surface area contributed by atoms with E-state index in [9.17, 15) is 9.90 Å². The molecule has 4 aliphatic rings. The summed E-state index contributed by atoms with van der Waals surface area (Å²) in [5.74, 6) is 0.940. The molecule has 4 rings (SSSR count). The van der Waals surface area contributed by atoms with Crippen LogP contribution in [-0.2, 0) is 9.53 Å². The van der Waals surface area contributed by atoms with Gasteiger partial charge in [0.05, 0.1) is 6.10 Å². The molecule has 0 bridgehead atoms. The summed E-state index contributed by atoms with van der Waals surface area (Å²) in [6.45, 7) is 10.3. The highest BCUT2D eigenvalue weighted by atomic mass is 35.5. The zero-order valence-electron chi connectivity index (χ0n) is 16.8. The first-order valence-electron chi connectivity index (χ1n) is 10.1. The molecule has 1 unspecified atom stereocenters. The van der Waals surface area contributed by atoms with Crippen molar-refractivity contribution in [3.05, 3.63) is 34.9 Å². The van der Waals surface area contributed by atoms with Gasteiger partial charge >= 0.3 is 0 Å². The Morgan fingerprint density at radius 3 is 2.56 bits per heavy atom. The van der Waals surface area contributed by atoms with Gasteiger partial charge in [-0.1, -0.05) is 38.1 Å². The molecular formula is C23H31ClO3. The van der Waals surface area contributed by atoms with Gasteiger partial charge in [0.25, 0.3) is 0 Å². The maximum Gasteiger partial charge on any atom is 0.161 e. The SMILES string of the molecule is C=C1C[C@@]2(C)C(=CC1OC)C(Cl)=C[C@@H]1[C@@H]2CC[C@@]2(C)[C@H]1CC[C@]2(O)C(C)=O. The topological polar surface area (TPSA) is 46.5 Å². The van der Waals surface area contributed by atoms with Gasteiger partial charge in [-0.15, -0.1) is 0 Å². The molecule has 1 N–H and O–H groups in total. The van der Waals surface area contributed by atoms with E-state index in [-0.39, 0.29) is 28.6 Å². The highest BCUT2D eigenvalue weighted by molar-refractivity contribution is 6.32. The fraction of sp³-hybridized carbons (Fsp3) is 0.696. The van der Waals surface area contributed by atoms with E-state index in [4.69, 9.17) is 16.3 Å². The van der Waals surface area contributed by atoms with Crippen molar-refractivity contribution in [3.63, 3.8) is 0 Å². The van der Waals surface area contributed by atoms with Gasteiger partial charge in [0.1, 0.15) is 5.60 Å². The normalized spacial score (nSPS) is 48.9. The lowest BCUT2D eigenvalue weighted by atomic mass is 9.47. The fourth-order valence-electron chi connectivity index (χ4n) is 7.07. The summed E-state index contributed by atoms with van der Waals surface area (Å²) in [5.41, 5.74) is 0.673. The molecular weight excluding hydrogens is 360 g/mol. The molecule has 27 heavy (non-hydrogen) atoms. The van der Waals surface area contributed by atoms with Crippen LogP contribution in [0.1, 0.15) is 52.9 Å². The third-order valence-corrected chi connectivity index (χ3v) is 8.99. The van der Waals surface area contributed by atoms with Crippen molar-refractivity contribution in [3.8, 4) is 0 Å². The highest BCUT2D eigenvalue weighted by Gasteiger charge is 2.65. The Balaban J connectivity index is 1.79. The van der Waals surface area contributed by atoms with Crippen LogP contribution in [0.4, 0.5) is 0 Å². The Morgan fingerprint density at radius 1 is 1.26 bits per heavy atom. The van der Waals surface area contributed by atoms with Crippen LogP contribution in [0.25, 0.3) is 0 Å². The third-order valence-electron chi connectivity index (χ3n) is 8.67. The smallest absolute Gasteiger partial charge is 0.161 e. The van der Waals surface area contributed by atoms with Gasteiger partial charge in [0.2, 0.25) is 0 Å². The number of halogens is 1. The number of carbonyl (C=O) groups is 1. The number of Topliss-reactive ketones (excluding diaryl/α,β-unsaturated/α-hetero) is 1. The molecule has 0 saturated heterocycles. The van der Waals surface area contributed by atoms with Crippen LogP contribution in [-0.4, -0.2) is 29.7 Å². The molecule has 7 atom stereocenters. The first kappa shape index (κ1) is 19.4. The quantitative estimate of drug-likeness (QED) is 0.689. The van der Waals surface area contributed by atoms with E-state index >= 15 is 0 Å². The lowest BCUT2D eigenvalue weighted by Crippen LogP contribution is -2.56. The number of hydrogen-bond acceptors (Lipinski definition) is 3. The standard InChI is InChI=1S/C23H31ClO3/c1-13-12-21(3)16-6-8-22(4)17(7-9-23(22,26)14(2)25)15(16)10-19(24)18(21)11-20(13)27-5/h10-11,15-17,20,26H,1,6-9,12H2,2-5H3/t15-,16+,17+,20?,21-,22+,23+/m1/s1. The zero-order chi connectivity index (χ0) is 19.8. The van der Waals surface area contributed by atoms with E-state index in [1.54, 1.807) is 14.0 Å². The predicted octanol–water partition coefficient (Wildman–Crippen LogP) is 4.79. The number of fused-ring (bicyclic) bond motifs is 5. The summed E-state index contributed by atoms with van der Waals surface area (Å²) in [5, 5.41) is 12.1. The predicted molar refractivity (Wildman–Crippen MR) is 107 cm³/mol. The van der Waals surface area contributed by atoms with Crippen LogP contribution in [0.15, 0.2) is 34.9 Å². The summed E-state index contributed by atoms with van der Waals surface area (Å²) < 4.78 is 5.59. The number of rotatable bonds is 2. The molecule has 0 amide bonds. The minimum atomic E-state index is -1.20. The molecule has 4 aliphatic carbocycles. The minimum Gasteiger partial charge on any atom is -0.382 e. The van der Waals surface area contributed by atoms with E-state index in [0.29, 0.717) is 18.3 Å². The Labute approximate surface area is 167 Å². The molecule has 0 heterocycles. The molecule has 0 radical (unpaired) electrons. The van der Waals surface area contributed by atoms with Crippen LogP contribution in [0.5, 0.6) is 0 Å². The maximum atomic E-state index is 12.3. The number of methoxy groups -OCH3 is 1. The lowest BCUT2D eigenvalue weighted by Gasteiger charge is -2.58. The summed E-state index contributed by atoms with van der Waals surface area (Å²) in [4.78, 5) is 12.3. The van der Waals surface area contributed by atoms with Crippen molar-refractivity contribution in [1.82, 2.24) is 0 Å². The zero-order valence-corrected chi connectivity index (χ0v) is 17.6. The number of aliphatic hydroxyl groups is 1. The number of allylic oxidation sites excluding steroid dienone is 3. The fourth-order valence-corrected chi connectivity index (χ4v) is 7.49. The number of ketones is 1. The number of ether oxygens (including phenoxy) is 1. The summed E-state index contributed by atoms with van der Waals surface area (Å²) in [6.07, 6.45) is 8.49. The average molecular weight is 391 g/mol. The van der Waals surface area contributed by atoms with Crippen molar-refractivity contribution in [2.45, 2.75) is 64.6 Å². The van der Waals surface area contributed by atoms with Crippen LogP contribution in [0.3, 0.4) is 0 Å². The van der Waals surface area contributed by atoms with Crippen molar-refractivity contribution in [1.29, 1.82) is 0 Å². The molecule has 3 nitrogen and oxygen atoms in total. The van der Waals surface area contributed by atoms with E-state index in [0.717, 1.165) is 36.3 Å². The van der Waals surface area contributed by atoms with Gasteiger partial charge in [0, 0.05) is 23.0 Å². The first-order chi connectivity index (χ1) is 12.6. The molecule has 4 heteroatoms. The summed E-state index contributed by atoms with van der Waals surface area (Å²) in [6, 6.07) is 0. The Kier molecular flexibility index (Phi) is 4.35. The number of hydrogen-bond donors (Lipinski definition) is 1.